The van der Waals surface area contributed by atoms with E-state index in [-0.39, 0.29) is 0 Å². The zero-order valence-corrected chi connectivity index (χ0v) is 22.2. The Bertz CT molecular complexity index is 1090. The molecule has 5 nitrogen and oxygen atoms in total. The van der Waals surface area contributed by atoms with Gasteiger partial charge in [0.25, 0.3) is 0 Å². The van der Waals surface area contributed by atoms with Gasteiger partial charge in [-0.25, -0.2) is 9.79 Å². The SMILES string of the molecule is CCC1CCSC2=NC(C)=C(C)C(c3ccc(N(C)C)cc3)N21.Cc1ccc(C(=O)O)c(C)c1. The maximum atomic E-state index is 10.5. The molecule has 2 heterocycles. The second-order valence-corrected chi connectivity index (χ2v) is 10.3. The van der Waals surface area contributed by atoms with Crippen molar-refractivity contribution >= 4 is 28.6 Å². The Morgan fingerprint density at radius 3 is 2.35 bits per heavy atom. The number of nitrogens with zero attached hydrogens (tertiary/aromatic N) is 3. The quantitative estimate of drug-likeness (QED) is 0.530. The maximum absolute atomic E-state index is 10.5. The first kappa shape index (κ1) is 25.9. The van der Waals surface area contributed by atoms with Crippen molar-refractivity contribution in [3.8, 4) is 0 Å². The van der Waals surface area contributed by atoms with Crippen molar-refractivity contribution in [1.82, 2.24) is 4.90 Å². The summed E-state index contributed by atoms with van der Waals surface area (Å²) in [4.78, 5) is 20.1. The van der Waals surface area contributed by atoms with Crippen molar-refractivity contribution in [3.05, 3.63) is 76.0 Å². The molecule has 1 N–H and O–H groups in total. The molecule has 2 aliphatic heterocycles. The van der Waals surface area contributed by atoms with Crippen LogP contribution < -0.4 is 4.90 Å². The first-order chi connectivity index (χ1) is 16.1. The second kappa shape index (κ2) is 11.1. The number of hydrogen-bond donors (Lipinski definition) is 1. The fourth-order valence-electron chi connectivity index (χ4n) is 4.53. The zero-order chi connectivity index (χ0) is 25.0. The van der Waals surface area contributed by atoms with E-state index in [1.54, 1.807) is 19.1 Å². The van der Waals surface area contributed by atoms with Gasteiger partial charge in [-0.15, -0.1) is 0 Å². The normalized spacial score (nSPS) is 19.6. The highest BCUT2D eigenvalue weighted by Crippen LogP contribution is 2.42. The topological polar surface area (TPSA) is 56.1 Å². The Balaban J connectivity index is 0.000000248. The number of amidine groups is 1. The van der Waals surface area contributed by atoms with E-state index in [9.17, 15) is 4.79 Å². The number of thioether (sulfide) groups is 1. The smallest absolute Gasteiger partial charge is 0.335 e. The van der Waals surface area contributed by atoms with Crippen LogP contribution in [0.2, 0.25) is 0 Å². The summed E-state index contributed by atoms with van der Waals surface area (Å²) in [6, 6.07) is 15.2. The molecular formula is C28H37N3O2S. The summed E-state index contributed by atoms with van der Waals surface area (Å²) >= 11 is 1.91. The molecule has 2 atom stereocenters. The summed E-state index contributed by atoms with van der Waals surface area (Å²) in [5, 5.41) is 9.87. The van der Waals surface area contributed by atoms with E-state index in [0.717, 1.165) is 11.1 Å². The van der Waals surface area contributed by atoms with Crippen LogP contribution in [0.5, 0.6) is 0 Å². The van der Waals surface area contributed by atoms with Gasteiger partial charge in [-0.3, -0.25) is 0 Å². The average Bonchev–Trinajstić information content (AvgIpc) is 2.80. The molecule has 0 amide bonds. The van der Waals surface area contributed by atoms with Crippen molar-refractivity contribution in [2.45, 2.75) is 59.5 Å². The maximum Gasteiger partial charge on any atom is 0.335 e. The number of carboxylic acids is 1. The molecule has 4 rings (SSSR count). The summed E-state index contributed by atoms with van der Waals surface area (Å²) in [6.07, 6.45) is 2.43. The number of aromatic carboxylic acids is 1. The standard InChI is InChI=1S/C19H27N3S.C9H10O2/c1-6-16-11-12-23-19-20-14(3)13(2)18(22(16)19)15-7-9-17(10-8-15)21(4)5;1-6-3-4-8(9(10)11)7(2)5-6/h7-10,16,18H,6,11-12H2,1-5H3;3-5H,1-2H3,(H,10,11). The molecule has 1 fully saturated rings. The Morgan fingerprint density at radius 2 is 1.79 bits per heavy atom. The van der Waals surface area contributed by atoms with Gasteiger partial charge in [-0.1, -0.05) is 48.5 Å². The third-order valence-electron chi connectivity index (χ3n) is 6.63. The van der Waals surface area contributed by atoms with Gasteiger partial charge in [-0.05, 0) is 75.4 Å². The van der Waals surface area contributed by atoms with Gasteiger partial charge < -0.3 is 14.9 Å². The number of aryl methyl sites for hydroxylation is 2. The predicted molar refractivity (Wildman–Crippen MR) is 145 cm³/mol. The van der Waals surface area contributed by atoms with E-state index in [0.29, 0.717) is 17.6 Å². The first-order valence-electron chi connectivity index (χ1n) is 11.9. The number of aliphatic imine (C=N–C) groups is 1. The number of allylic oxidation sites excluding steroid dienone is 1. The summed E-state index contributed by atoms with van der Waals surface area (Å²) in [6.45, 7) is 10.4. The molecule has 0 bridgehead atoms. The molecule has 2 aromatic rings. The molecule has 1 saturated heterocycles. The van der Waals surface area contributed by atoms with E-state index < -0.39 is 5.97 Å². The second-order valence-electron chi connectivity index (χ2n) is 9.28. The van der Waals surface area contributed by atoms with Gasteiger partial charge in [0, 0.05) is 37.3 Å². The van der Waals surface area contributed by atoms with Crippen molar-refractivity contribution in [2.24, 2.45) is 4.99 Å². The molecule has 0 saturated carbocycles. The minimum absolute atomic E-state index is 0.330. The number of hydrogen-bond acceptors (Lipinski definition) is 5. The number of rotatable bonds is 4. The summed E-state index contributed by atoms with van der Waals surface area (Å²) in [7, 11) is 4.17. The fourth-order valence-corrected chi connectivity index (χ4v) is 5.70. The molecule has 2 aromatic carbocycles. The Kier molecular flexibility index (Phi) is 8.47. The number of anilines is 1. The fraction of sp³-hybridized carbons (Fsp3) is 0.429. The van der Waals surface area contributed by atoms with Crippen LogP contribution in [0.4, 0.5) is 5.69 Å². The molecule has 0 radical (unpaired) electrons. The predicted octanol–water partition coefficient (Wildman–Crippen LogP) is 6.68. The summed E-state index contributed by atoms with van der Waals surface area (Å²) < 4.78 is 0. The van der Waals surface area contributed by atoms with Crippen molar-refractivity contribution in [1.29, 1.82) is 0 Å². The monoisotopic (exact) mass is 479 g/mol. The van der Waals surface area contributed by atoms with E-state index >= 15 is 0 Å². The molecule has 2 aliphatic rings. The van der Waals surface area contributed by atoms with E-state index in [1.807, 2.05) is 24.8 Å². The van der Waals surface area contributed by atoms with Gasteiger partial charge in [-0.2, -0.15) is 0 Å². The van der Waals surface area contributed by atoms with E-state index in [1.165, 1.54) is 46.3 Å². The number of benzene rings is 2. The lowest BCUT2D eigenvalue weighted by molar-refractivity contribution is 0.0696. The first-order valence-corrected chi connectivity index (χ1v) is 12.9. The summed E-state index contributed by atoms with van der Waals surface area (Å²) in [5.41, 5.74) is 7.48. The van der Waals surface area contributed by atoms with Crippen LogP contribution in [0.3, 0.4) is 0 Å². The lowest BCUT2D eigenvalue weighted by Gasteiger charge is -2.45. The highest BCUT2D eigenvalue weighted by Gasteiger charge is 2.36. The Labute approximate surface area is 208 Å². The Morgan fingerprint density at radius 1 is 1.12 bits per heavy atom. The molecule has 0 aliphatic carbocycles. The van der Waals surface area contributed by atoms with E-state index in [2.05, 4.69) is 68.9 Å². The van der Waals surface area contributed by atoms with Gasteiger partial charge in [0.15, 0.2) is 5.17 Å². The number of carboxylic acid groups (broad SMARTS) is 1. The third-order valence-corrected chi connectivity index (χ3v) is 7.63. The molecule has 2 unspecified atom stereocenters. The molecule has 6 heteroatoms. The Hall–Kier alpha value is -2.73. The minimum atomic E-state index is -0.859. The lowest BCUT2D eigenvalue weighted by Crippen LogP contribution is -2.46. The molecular weight excluding hydrogens is 442 g/mol. The van der Waals surface area contributed by atoms with Gasteiger partial charge in [0.05, 0.1) is 11.6 Å². The average molecular weight is 480 g/mol. The highest BCUT2D eigenvalue weighted by molar-refractivity contribution is 8.13. The van der Waals surface area contributed by atoms with Crippen molar-refractivity contribution in [2.75, 3.05) is 24.7 Å². The van der Waals surface area contributed by atoms with E-state index in [4.69, 9.17) is 10.1 Å². The summed E-state index contributed by atoms with van der Waals surface area (Å²) in [5.74, 6) is 0.328. The molecule has 34 heavy (non-hydrogen) atoms. The van der Waals surface area contributed by atoms with Crippen LogP contribution in [-0.2, 0) is 0 Å². The molecule has 0 spiro atoms. The van der Waals surface area contributed by atoms with Crippen molar-refractivity contribution < 1.29 is 9.90 Å². The number of carbonyl (C=O) groups is 1. The minimum Gasteiger partial charge on any atom is -0.478 e. The van der Waals surface area contributed by atoms with Crippen LogP contribution in [0, 0.1) is 13.8 Å². The van der Waals surface area contributed by atoms with Crippen LogP contribution in [0.25, 0.3) is 0 Å². The van der Waals surface area contributed by atoms with Crippen LogP contribution in [-0.4, -0.2) is 47.0 Å². The van der Waals surface area contributed by atoms with Crippen LogP contribution >= 0.6 is 11.8 Å². The van der Waals surface area contributed by atoms with Gasteiger partial charge >= 0.3 is 5.97 Å². The lowest BCUT2D eigenvalue weighted by atomic mass is 9.93. The largest absolute Gasteiger partial charge is 0.478 e. The third kappa shape index (κ3) is 5.66. The van der Waals surface area contributed by atoms with Crippen LogP contribution in [0.15, 0.2) is 58.7 Å². The van der Waals surface area contributed by atoms with Crippen LogP contribution in [0.1, 0.15) is 66.7 Å². The molecule has 0 aromatic heterocycles. The number of fused-ring (bicyclic) bond motifs is 1. The molecule has 182 valence electrons. The van der Waals surface area contributed by atoms with Gasteiger partial charge in [0.1, 0.15) is 0 Å². The van der Waals surface area contributed by atoms with Gasteiger partial charge in [0.2, 0.25) is 0 Å². The highest BCUT2D eigenvalue weighted by atomic mass is 32.2. The zero-order valence-electron chi connectivity index (χ0n) is 21.4. The van der Waals surface area contributed by atoms with Crippen molar-refractivity contribution in [3.63, 3.8) is 0 Å².